The van der Waals surface area contributed by atoms with E-state index in [1.807, 2.05) is 13.0 Å². The Hall–Kier alpha value is -3.18. The molecule has 1 saturated heterocycles. The molecule has 1 atom stereocenters. The average molecular weight is 610 g/mol. The zero-order valence-electron chi connectivity index (χ0n) is 20.9. The fraction of sp³-hybridized carbons (Fsp3) is 0.321. The quantitative estimate of drug-likeness (QED) is 0.302. The topological polar surface area (TPSA) is 44.8 Å². The molecule has 5 rings (SSSR count). The standard InChI is InChI=1S/C28H25BrF5N3O2/c1-2-25(17-3-10-22(30)23(31)15-17)36-13-11-27(12-14-36)35-24-16-18(29)4-9-21(24)26(38)37(27)19-5-7-20(8-6-19)39-28(32,33)34/h3-10,15-16,25,35H,2,11-14H2,1H3. The van der Waals surface area contributed by atoms with Gasteiger partial charge in [0, 0.05) is 47.8 Å². The van der Waals surface area contributed by atoms with Crippen molar-refractivity contribution in [2.24, 2.45) is 0 Å². The summed E-state index contributed by atoms with van der Waals surface area (Å²) in [5.74, 6) is -2.45. The van der Waals surface area contributed by atoms with Gasteiger partial charge in [0.25, 0.3) is 5.91 Å². The largest absolute Gasteiger partial charge is 0.573 e. The van der Waals surface area contributed by atoms with Gasteiger partial charge in [0.2, 0.25) is 0 Å². The molecule has 0 bridgehead atoms. The summed E-state index contributed by atoms with van der Waals surface area (Å²) in [5, 5.41) is 3.55. The molecular weight excluding hydrogens is 585 g/mol. The smallest absolute Gasteiger partial charge is 0.406 e. The van der Waals surface area contributed by atoms with Crippen molar-refractivity contribution in [1.29, 1.82) is 0 Å². The Morgan fingerprint density at radius 2 is 1.69 bits per heavy atom. The van der Waals surface area contributed by atoms with Crippen LogP contribution in [0.4, 0.5) is 33.3 Å². The number of carbonyl (C=O) groups is 1. The van der Waals surface area contributed by atoms with Crippen molar-refractivity contribution in [2.45, 2.75) is 44.3 Å². The van der Waals surface area contributed by atoms with E-state index < -0.39 is 23.7 Å². The van der Waals surface area contributed by atoms with Gasteiger partial charge >= 0.3 is 6.36 Å². The second-order valence-electron chi connectivity index (χ2n) is 9.66. The summed E-state index contributed by atoms with van der Waals surface area (Å²) in [5.41, 5.74) is 1.34. The summed E-state index contributed by atoms with van der Waals surface area (Å²) in [6, 6.07) is 14.3. The molecule has 0 radical (unpaired) electrons. The first-order valence-electron chi connectivity index (χ1n) is 12.5. The van der Waals surface area contributed by atoms with Crippen LogP contribution >= 0.6 is 15.9 Å². The van der Waals surface area contributed by atoms with E-state index in [4.69, 9.17) is 0 Å². The van der Waals surface area contributed by atoms with Gasteiger partial charge in [-0.1, -0.05) is 28.9 Å². The third-order valence-corrected chi connectivity index (χ3v) is 7.81. The number of ether oxygens (including phenoxy) is 1. The number of nitrogens with one attached hydrogen (secondary N) is 1. The van der Waals surface area contributed by atoms with Gasteiger partial charge < -0.3 is 10.1 Å². The van der Waals surface area contributed by atoms with Crippen molar-refractivity contribution in [3.05, 3.63) is 87.9 Å². The van der Waals surface area contributed by atoms with Crippen LogP contribution in [0.25, 0.3) is 0 Å². The van der Waals surface area contributed by atoms with Crippen LogP contribution in [0.1, 0.15) is 48.1 Å². The van der Waals surface area contributed by atoms with Crippen molar-refractivity contribution >= 4 is 33.2 Å². The van der Waals surface area contributed by atoms with Gasteiger partial charge in [0.05, 0.1) is 5.56 Å². The molecule has 0 saturated carbocycles. The zero-order chi connectivity index (χ0) is 27.9. The lowest BCUT2D eigenvalue weighted by Crippen LogP contribution is -2.64. The molecule has 0 aromatic heterocycles. The summed E-state index contributed by atoms with van der Waals surface area (Å²) >= 11 is 3.45. The number of fused-ring (bicyclic) bond motifs is 1. The van der Waals surface area contributed by atoms with Gasteiger partial charge in [-0.15, -0.1) is 13.2 Å². The number of alkyl halides is 3. The summed E-state index contributed by atoms with van der Waals surface area (Å²) in [7, 11) is 0. The Morgan fingerprint density at radius 3 is 2.31 bits per heavy atom. The number of halogens is 6. The minimum absolute atomic E-state index is 0.148. The first-order chi connectivity index (χ1) is 18.5. The summed E-state index contributed by atoms with van der Waals surface area (Å²) in [4.78, 5) is 17.6. The molecule has 1 spiro atoms. The molecule has 0 aliphatic carbocycles. The number of anilines is 2. The number of piperidine rings is 1. The van der Waals surface area contributed by atoms with Crippen molar-refractivity contribution in [2.75, 3.05) is 23.3 Å². The number of likely N-dealkylation sites (tertiary alicyclic amines) is 1. The van der Waals surface area contributed by atoms with Crippen molar-refractivity contribution < 1.29 is 31.5 Å². The van der Waals surface area contributed by atoms with Crippen molar-refractivity contribution in [1.82, 2.24) is 4.90 Å². The molecule has 1 N–H and O–H groups in total. The number of benzene rings is 3. The van der Waals surface area contributed by atoms with Crippen LogP contribution < -0.4 is 15.0 Å². The number of amides is 1. The van der Waals surface area contributed by atoms with Crippen LogP contribution in [0.2, 0.25) is 0 Å². The first kappa shape index (κ1) is 27.4. The lowest BCUT2D eigenvalue weighted by atomic mass is 9.87. The average Bonchev–Trinajstić information content (AvgIpc) is 2.87. The van der Waals surface area contributed by atoms with Crippen LogP contribution in [0, 0.1) is 11.6 Å². The highest BCUT2D eigenvalue weighted by atomic mass is 79.9. The number of rotatable bonds is 5. The second kappa shape index (κ2) is 10.4. The number of carbonyl (C=O) groups excluding carboxylic acids is 1. The van der Waals surface area contributed by atoms with E-state index in [1.54, 1.807) is 23.1 Å². The Labute approximate surface area is 230 Å². The Bertz CT molecular complexity index is 1370. The van der Waals surface area contributed by atoms with Gasteiger partial charge in [-0.25, -0.2) is 8.78 Å². The molecule has 1 unspecified atom stereocenters. The SMILES string of the molecule is CCC(c1ccc(F)c(F)c1)N1CCC2(CC1)Nc1cc(Br)ccc1C(=O)N2c1ccc(OC(F)(F)F)cc1. The number of hydrogen-bond acceptors (Lipinski definition) is 4. The van der Waals surface area contributed by atoms with E-state index in [0.29, 0.717) is 54.9 Å². The molecule has 3 aromatic carbocycles. The number of hydrogen-bond donors (Lipinski definition) is 1. The molecule has 5 nitrogen and oxygen atoms in total. The second-order valence-corrected chi connectivity index (χ2v) is 10.6. The predicted molar refractivity (Wildman–Crippen MR) is 141 cm³/mol. The Kier molecular flexibility index (Phi) is 7.32. The summed E-state index contributed by atoms with van der Waals surface area (Å²) in [6.07, 6.45) is -3.20. The van der Waals surface area contributed by atoms with E-state index in [-0.39, 0.29) is 17.7 Å². The third kappa shape index (κ3) is 5.47. The highest BCUT2D eigenvalue weighted by Crippen LogP contribution is 2.43. The molecule has 11 heteroatoms. The maximum atomic E-state index is 14.0. The Balaban J connectivity index is 1.46. The molecule has 1 amide bonds. The maximum Gasteiger partial charge on any atom is 0.573 e. The van der Waals surface area contributed by atoms with Gasteiger partial charge in [-0.05, 0) is 66.6 Å². The normalized spacial score (nSPS) is 18.0. The summed E-state index contributed by atoms with van der Waals surface area (Å²) in [6.45, 7) is 3.04. The van der Waals surface area contributed by atoms with Gasteiger partial charge in [0.1, 0.15) is 11.4 Å². The fourth-order valence-corrected chi connectivity index (χ4v) is 5.93. The van der Waals surface area contributed by atoms with Crippen molar-refractivity contribution in [3.8, 4) is 5.75 Å². The van der Waals surface area contributed by atoms with Crippen molar-refractivity contribution in [3.63, 3.8) is 0 Å². The number of nitrogens with zero attached hydrogens (tertiary/aromatic N) is 2. The minimum atomic E-state index is -4.83. The van der Waals surface area contributed by atoms with E-state index in [0.717, 1.165) is 10.5 Å². The van der Waals surface area contributed by atoms with Crippen LogP contribution in [-0.2, 0) is 0 Å². The van der Waals surface area contributed by atoms with Gasteiger partial charge in [0.15, 0.2) is 11.6 Å². The van der Waals surface area contributed by atoms with Crippen LogP contribution in [0.15, 0.2) is 65.1 Å². The molecule has 2 aliphatic heterocycles. The highest BCUT2D eigenvalue weighted by molar-refractivity contribution is 9.10. The molecule has 39 heavy (non-hydrogen) atoms. The first-order valence-corrected chi connectivity index (χ1v) is 13.3. The molecule has 2 heterocycles. The van der Waals surface area contributed by atoms with Crippen LogP contribution in [-0.4, -0.2) is 35.9 Å². The van der Waals surface area contributed by atoms with Crippen LogP contribution in [0.5, 0.6) is 5.75 Å². The van der Waals surface area contributed by atoms with Crippen LogP contribution in [0.3, 0.4) is 0 Å². The monoisotopic (exact) mass is 609 g/mol. The molecular formula is C28H25BrF5N3O2. The minimum Gasteiger partial charge on any atom is -0.406 e. The highest BCUT2D eigenvalue weighted by Gasteiger charge is 2.48. The molecule has 206 valence electrons. The van der Waals surface area contributed by atoms with E-state index in [1.165, 1.54) is 30.3 Å². The zero-order valence-corrected chi connectivity index (χ0v) is 22.5. The van der Waals surface area contributed by atoms with E-state index >= 15 is 0 Å². The molecule has 1 fully saturated rings. The van der Waals surface area contributed by atoms with Gasteiger partial charge in [-0.2, -0.15) is 0 Å². The summed E-state index contributed by atoms with van der Waals surface area (Å²) < 4.78 is 70.4. The molecule has 2 aliphatic rings. The predicted octanol–water partition coefficient (Wildman–Crippen LogP) is 7.64. The van der Waals surface area contributed by atoms with Gasteiger partial charge in [-0.3, -0.25) is 14.6 Å². The van der Waals surface area contributed by atoms with E-state index in [2.05, 4.69) is 30.9 Å². The lowest BCUT2D eigenvalue weighted by molar-refractivity contribution is -0.274. The third-order valence-electron chi connectivity index (χ3n) is 7.32. The molecule has 3 aromatic rings. The Morgan fingerprint density at radius 1 is 1.00 bits per heavy atom. The lowest BCUT2D eigenvalue weighted by Gasteiger charge is -2.53. The van der Waals surface area contributed by atoms with E-state index in [9.17, 15) is 26.7 Å². The maximum absolute atomic E-state index is 14.0. The fourth-order valence-electron chi connectivity index (χ4n) is 5.57.